The Kier molecular flexibility index (Phi) is 14.5. The second kappa shape index (κ2) is 20.5. The molecule has 0 aliphatic rings. The van der Waals surface area contributed by atoms with Crippen molar-refractivity contribution in [3.8, 4) is 22.3 Å². The first-order valence-electron chi connectivity index (χ1n) is 20.7. The van der Waals surface area contributed by atoms with Crippen LogP contribution in [0.3, 0.4) is 0 Å². The quantitative estimate of drug-likeness (QED) is 0.0958. The molecule has 0 atom stereocenters. The molecule has 0 aromatic heterocycles. The second-order valence-corrected chi connectivity index (χ2v) is 19.0. The summed E-state index contributed by atoms with van der Waals surface area (Å²) in [5, 5.41) is 5.84. The van der Waals surface area contributed by atoms with Gasteiger partial charge in [-0.25, -0.2) is 16.8 Å². The number of carbonyl (C=O) groups excluding carboxylic acids is 2. The maximum Gasteiger partial charge on any atom is 0.263 e. The summed E-state index contributed by atoms with van der Waals surface area (Å²) in [6.45, 7) is 5.39. The number of rotatable bonds is 12. The van der Waals surface area contributed by atoms with Crippen molar-refractivity contribution >= 4 is 66.2 Å². The van der Waals surface area contributed by atoms with Crippen LogP contribution in [0.2, 0.25) is 5.02 Å². The maximum atomic E-state index is 13.1. The lowest BCUT2D eigenvalue weighted by Gasteiger charge is -2.14. The molecule has 0 aliphatic heterocycles. The molecule has 332 valence electrons. The Morgan fingerprint density at radius 2 is 0.864 bits per heavy atom. The van der Waals surface area contributed by atoms with E-state index in [0.717, 1.165) is 33.4 Å². The van der Waals surface area contributed by atoms with Crippen LogP contribution in [0.15, 0.2) is 204 Å². The van der Waals surface area contributed by atoms with Gasteiger partial charge < -0.3 is 10.6 Å². The lowest BCUT2D eigenvalue weighted by molar-refractivity contribution is 0.101. The van der Waals surface area contributed by atoms with Gasteiger partial charge in [-0.05, 0) is 109 Å². The average Bonchev–Trinajstić information content (AvgIpc) is 3.31. The lowest BCUT2D eigenvalue weighted by atomic mass is 10.0. The number of hydrogen-bond donors (Lipinski definition) is 4. The highest BCUT2D eigenvalue weighted by molar-refractivity contribution is 7.93. The number of aryl methyl sites for hydroxylation is 3. The van der Waals surface area contributed by atoms with Crippen molar-refractivity contribution in [1.82, 2.24) is 0 Å². The summed E-state index contributed by atoms with van der Waals surface area (Å²) in [7, 11) is -7.88. The first-order valence-corrected chi connectivity index (χ1v) is 24.0. The van der Waals surface area contributed by atoms with Crippen LogP contribution in [-0.2, 0) is 20.0 Å². The Balaban J connectivity index is 0.000000197. The van der Waals surface area contributed by atoms with Crippen molar-refractivity contribution in [2.24, 2.45) is 0 Å². The van der Waals surface area contributed by atoms with Crippen molar-refractivity contribution in [2.45, 2.75) is 30.6 Å². The fraction of sp³-hybridized carbons (Fsp3) is 0.0566. The minimum atomic E-state index is -4.03. The maximum absolute atomic E-state index is 13.1. The minimum Gasteiger partial charge on any atom is -0.321 e. The summed E-state index contributed by atoms with van der Waals surface area (Å²) in [6, 6.07) is 57.4. The van der Waals surface area contributed by atoms with Crippen molar-refractivity contribution in [1.29, 1.82) is 0 Å². The van der Waals surface area contributed by atoms with Gasteiger partial charge in [-0.15, -0.1) is 0 Å². The molecule has 4 N–H and O–H groups in total. The number of halogens is 1. The van der Waals surface area contributed by atoms with E-state index in [2.05, 4.69) is 20.1 Å². The number of benzene rings is 8. The van der Waals surface area contributed by atoms with Gasteiger partial charge in [0.2, 0.25) is 0 Å². The molecule has 13 heteroatoms. The number of hydrogen-bond acceptors (Lipinski definition) is 6. The Hall–Kier alpha value is -7.51. The van der Waals surface area contributed by atoms with E-state index < -0.39 is 26.0 Å². The molecule has 0 fully saturated rings. The standard InChI is InChI=1S/C27H23ClN2O3S.C26H22N2O3S/c1-18-12-13-19(2)25(16-18)30-34(32,33)26-17-21(14-15-23(26)28)27(31)29-24-11-7-6-10-22(24)20-8-4-3-5-9-20;1-19-16-17-21(18-25(19)32(30,31)28-22-12-6-3-7-13-22)26(29)27-24-15-9-8-14-23(24)20-10-4-2-5-11-20/h3-17,30H,1-2H3,(H,29,31);2-18,28H,1H3,(H,27,29). The molecule has 8 rings (SSSR count). The predicted molar refractivity (Wildman–Crippen MR) is 266 cm³/mol. The molecule has 0 spiro atoms. The molecule has 2 amide bonds. The zero-order valence-corrected chi connectivity index (χ0v) is 38.5. The third-order valence-electron chi connectivity index (χ3n) is 10.4. The number of amides is 2. The molecule has 8 aromatic carbocycles. The average molecular weight is 934 g/mol. The molecular weight excluding hydrogens is 888 g/mol. The van der Waals surface area contributed by atoms with Gasteiger partial charge in [0.15, 0.2) is 0 Å². The van der Waals surface area contributed by atoms with Crippen molar-refractivity contribution in [2.75, 3.05) is 20.1 Å². The van der Waals surface area contributed by atoms with Gasteiger partial charge in [0, 0.05) is 39.3 Å². The van der Waals surface area contributed by atoms with Gasteiger partial charge in [-0.3, -0.25) is 19.0 Å². The highest BCUT2D eigenvalue weighted by Gasteiger charge is 2.23. The fourth-order valence-corrected chi connectivity index (χ4v) is 9.93. The molecule has 0 unspecified atom stereocenters. The highest BCUT2D eigenvalue weighted by Crippen LogP contribution is 2.31. The van der Waals surface area contributed by atoms with Crippen LogP contribution in [0.5, 0.6) is 0 Å². The predicted octanol–water partition coefficient (Wildman–Crippen LogP) is 12.4. The number of nitrogens with one attached hydrogen (secondary N) is 4. The highest BCUT2D eigenvalue weighted by atomic mass is 35.5. The Labute approximate surface area is 390 Å². The normalized spacial score (nSPS) is 11.1. The third kappa shape index (κ3) is 11.4. The minimum absolute atomic E-state index is 0.0269. The number of carbonyl (C=O) groups is 2. The van der Waals surface area contributed by atoms with Gasteiger partial charge in [-0.1, -0.05) is 145 Å². The Morgan fingerprint density at radius 1 is 0.424 bits per heavy atom. The molecule has 0 radical (unpaired) electrons. The zero-order chi connectivity index (χ0) is 46.8. The number of anilines is 4. The van der Waals surface area contributed by atoms with E-state index in [1.54, 1.807) is 61.5 Å². The van der Waals surface area contributed by atoms with Crippen molar-refractivity contribution in [3.05, 3.63) is 227 Å². The van der Waals surface area contributed by atoms with Gasteiger partial charge >= 0.3 is 0 Å². The molecule has 0 saturated carbocycles. The SMILES string of the molecule is Cc1ccc(C(=O)Nc2ccccc2-c2ccccc2)cc1S(=O)(=O)Nc1ccccc1.Cc1ccc(C)c(NS(=O)(=O)c2cc(C(=O)Nc3ccccc3-c3ccccc3)ccc2Cl)c1. The molecule has 0 saturated heterocycles. The van der Waals surface area contributed by atoms with Gasteiger partial charge in [0.1, 0.15) is 4.90 Å². The number of para-hydroxylation sites is 3. The van der Waals surface area contributed by atoms with E-state index in [0.29, 0.717) is 28.3 Å². The third-order valence-corrected chi connectivity index (χ3v) is 13.8. The molecule has 0 bridgehead atoms. The molecule has 8 aromatic rings. The first kappa shape index (κ1) is 46.5. The summed E-state index contributed by atoms with van der Waals surface area (Å²) in [4.78, 5) is 26.0. The second-order valence-electron chi connectivity index (χ2n) is 15.3. The van der Waals surface area contributed by atoms with Gasteiger partial charge in [0.05, 0.1) is 15.6 Å². The Morgan fingerprint density at radius 3 is 1.41 bits per heavy atom. The molecule has 0 heterocycles. The Bertz CT molecular complexity index is 3260. The summed E-state index contributed by atoms with van der Waals surface area (Å²) in [5.41, 5.74) is 8.52. The monoisotopic (exact) mass is 932 g/mol. The van der Waals surface area contributed by atoms with Crippen LogP contribution in [0.1, 0.15) is 37.4 Å². The molecule has 10 nitrogen and oxygen atoms in total. The summed E-state index contributed by atoms with van der Waals surface area (Å²) < 4.78 is 57.3. The molecule has 0 aliphatic carbocycles. The van der Waals surface area contributed by atoms with Crippen molar-refractivity contribution < 1.29 is 26.4 Å². The van der Waals surface area contributed by atoms with Crippen LogP contribution in [-0.4, -0.2) is 28.6 Å². The smallest absolute Gasteiger partial charge is 0.263 e. The number of sulfonamides is 2. The van der Waals surface area contributed by atoms with E-state index in [1.807, 2.05) is 129 Å². The van der Waals surface area contributed by atoms with Crippen molar-refractivity contribution in [3.63, 3.8) is 0 Å². The summed E-state index contributed by atoms with van der Waals surface area (Å²) in [5.74, 6) is -0.826. The van der Waals surface area contributed by atoms with E-state index in [4.69, 9.17) is 11.6 Å². The van der Waals surface area contributed by atoms with Crippen LogP contribution in [0, 0.1) is 20.8 Å². The largest absolute Gasteiger partial charge is 0.321 e. The van der Waals surface area contributed by atoms with E-state index in [9.17, 15) is 26.4 Å². The topological polar surface area (TPSA) is 151 Å². The molecular formula is C53H45ClN4O6S2. The van der Waals surface area contributed by atoms with Crippen LogP contribution >= 0.6 is 11.6 Å². The van der Waals surface area contributed by atoms with Crippen LogP contribution in [0.4, 0.5) is 22.7 Å². The zero-order valence-electron chi connectivity index (χ0n) is 36.1. The van der Waals surface area contributed by atoms with Crippen LogP contribution < -0.4 is 20.1 Å². The van der Waals surface area contributed by atoms with E-state index in [-0.39, 0.29) is 31.8 Å². The van der Waals surface area contributed by atoms with Gasteiger partial charge in [0.25, 0.3) is 31.9 Å². The van der Waals surface area contributed by atoms with Gasteiger partial charge in [-0.2, -0.15) is 0 Å². The summed E-state index contributed by atoms with van der Waals surface area (Å²) >= 11 is 6.24. The molecule has 66 heavy (non-hydrogen) atoms. The first-order chi connectivity index (χ1) is 31.7. The van der Waals surface area contributed by atoms with Crippen LogP contribution in [0.25, 0.3) is 22.3 Å². The lowest BCUT2D eigenvalue weighted by Crippen LogP contribution is -2.17. The van der Waals surface area contributed by atoms with E-state index in [1.165, 1.54) is 24.3 Å². The summed E-state index contributed by atoms with van der Waals surface area (Å²) in [6.07, 6.45) is 0. The van der Waals surface area contributed by atoms with E-state index >= 15 is 0 Å². The fourth-order valence-electron chi connectivity index (χ4n) is 6.96.